The summed E-state index contributed by atoms with van der Waals surface area (Å²) in [6.45, 7) is 0.260. The van der Waals surface area contributed by atoms with Crippen LogP contribution in [0.25, 0.3) is 0 Å². The number of nitrogens with one attached hydrogen (secondary N) is 1. The van der Waals surface area contributed by atoms with Crippen LogP contribution in [0.3, 0.4) is 0 Å². The fourth-order valence-electron chi connectivity index (χ4n) is 1.57. The number of hydrogen-bond acceptors (Lipinski definition) is 4. The third kappa shape index (κ3) is 3.11. The molecule has 2 rings (SSSR count). The summed E-state index contributed by atoms with van der Waals surface area (Å²) in [5, 5.41) is 11.8. The zero-order valence-electron chi connectivity index (χ0n) is 9.92. The van der Waals surface area contributed by atoms with Crippen molar-refractivity contribution in [3.8, 4) is 0 Å². The lowest BCUT2D eigenvalue weighted by Gasteiger charge is -2.02. The van der Waals surface area contributed by atoms with E-state index in [1.165, 1.54) is 6.07 Å². The number of anilines is 1. The Bertz CT molecular complexity index is 608. The Morgan fingerprint density at radius 2 is 1.95 bits per heavy atom. The van der Waals surface area contributed by atoms with Crippen molar-refractivity contribution in [3.63, 3.8) is 0 Å². The van der Waals surface area contributed by atoms with E-state index in [1.54, 1.807) is 24.3 Å². The molecule has 0 radical (unpaired) electrons. The summed E-state index contributed by atoms with van der Waals surface area (Å²) >= 11 is 1.16. The van der Waals surface area contributed by atoms with Crippen LogP contribution in [-0.4, -0.2) is 17.0 Å². The minimum absolute atomic E-state index is 0.0777. The van der Waals surface area contributed by atoms with Crippen LogP contribution in [0.15, 0.2) is 36.4 Å². The first-order chi connectivity index (χ1) is 9.08. The Kier molecular flexibility index (Phi) is 3.82. The predicted octanol–water partition coefficient (Wildman–Crippen LogP) is 1.96. The second-order valence-electron chi connectivity index (χ2n) is 3.84. The number of amides is 1. The standard InChI is InChI=1S/C13H12N2O3S/c14-11-10(13(17)18)6-9(19-11)7-15-12(16)8-4-2-1-3-5-8/h1-6H,7,14H2,(H,15,16)(H,17,18). The van der Waals surface area contributed by atoms with Crippen molar-refractivity contribution in [2.24, 2.45) is 0 Å². The summed E-state index contributed by atoms with van der Waals surface area (Å²) in [4.78, 5) is 23.3. The summed E-state index contributed by atoms with van der Waals surface area (Å²) in [6.07, 6.45) is 0. The zero-order valence-corrected chi connectivity index (χ0v) is 10.7. The predicted molar refractivity (Wildman–Crippen MR) is 73.3 cm³/mol. The molecule has 5 nitrogen and oxygen atoms in total. The molecule has 1 heterocycles. The zero-order chi connectivity index (χ0) is 13.8. The van der Waals surface area contributed by atoms with E-state index in [0.717, 1.165) is 11.3 Å². The van der Waals surface area contributed by atoms with Gasteiger partial charge in [-0.05, 0) is 18.2 Å². The van der Waals surface area contributed by atoms with E-state index < -0.39 is 5.97 Å². The molecule has 0 bridgehead atoms. The molecule has 4 N–H and O–H groups in total. The average molecular weight is 276 g/mol. The van der Waals surface area contributed by atoms with Gasteiger partial charge in [0.15, 0.2) is 0 Å². The van der Waals surface area contributed by atoms with Gasteiger partial charge in [-0.3, -0.25) is 4.79 Å². The minimum Gasteiger partial charge on any atom is -0.478 e. The summed E-state index contributed by atoms with van der Waals surface area (Å²) < 4.78 is 0. The lowest BCUT2D eigenvalue weighted by Crippen LogP contribution is -2.22. The number of nitrogens with two attached hydrogens (primary N) is 1. The highest BCUT2D eigenvalue weighted by molar-refractivity contribution is 7.16. The molecule has 0 unspecified atom stereocenters. The first-order valence-electron chi connectivity index (χ1n) is 5.52. The molecule has 1 aromatic carbocycles. The highest BCUT2D eigenvalue weighted by atomic mass is 32.1. The summed E-state index contributed by atoms with van der Waals surface area (Å²) in [5.41, 5.74) is 6.22. The van der Waals surface area contributed by atoms with Crippen molar-refractivity contribution in [1.82, 2.24) is 5.32 Å². The maximum atomic E-state index is 11.8. The molecule has 0 aliphatic rings. The van der Waals surface area contributed by atoms with Crippen molar-refractivity contribution >= 4 is 28.2 Å². The van der Waals surface area contributed by atoms with Gasteiger partial charge in [-0.25, -0.2) is 4.79 Å². The normalized spacial score (nSPS) is 10.1. The topological polar surface area (TPSA) is 92.4 Å². The SMILES string of the molecule is Nc1sc(CNC(=O)c2ccccc2)cc1C(=O)O. The summed E-state index contributed by atoms with van der Waals surface area (Å²) in [5.74, 6) is -1.26. The number of carbonyl (C=O) groups is 2. The van der Waals surface area contributed by atoms with Gasteiger partial charge >= 0.3 is 5.97 Å². The molecule has 0 fully saturated rings. The third-order valence-corrected chi connectivity index (χ3v) is 3.47. The molecule has 1 amide bonds. The van der Waals surface area contributed by atoms with Crippen LogP contribution in [0.5, 0.6) is 0 Å². The quantitative estimate of drug-likeness (QED) is 0.796. The second-order valence-corrected chi connectivity index (χ2v) is 5.01. The highest BCUT2D eigenvalue weighted by Crippen LogP contribution is 2.24. The van der Waals surface area contributed by atoms with Crippen LogP contribution in [0.2, 0.25) is 0 Å². The summed E-state index contributed by atoms with van der Waals surface area (Å²) in [7, 11) is 0. The second kappa shape index (κ2) is 5.53. The van der Waals surface area contributed by atoms with Crippen LogP contribution in [0.4, 0.5) is 5.00 Å². The summed E-state index contributed by atoms with van der Waals surface area (Å²) in [6, 6.07) is 10.3. The van der Waals surface area contributed by atoms with Gasteiger partial charge in [0.1, 0.15) is 5.00 Å². The molecule has 0 saturated heterocycles. The number of carboxylic acids is 1. The Morgan fingerprint density at radius 1 is 1.26 bits per heavy atom. The fourth-order valence-corrected chi connectivity index (χ4v) is 2.43. The molecule has 1 aromatic heterocycles. The molecule has 98 valence electrons. The lowest BCUT2D eigenvalue weighted by molar-refractivity contribution is 0.0698. The smallest absolute Gasteiger partial charge is 0.338 e. The fraction of sp³-hybridized carbons (Fsp3) is 0.0769. The Labute approximate surface area is 113 Å². The molecule has 0 saturated carbocycles. The highest BCUT2D eigenvalue weighted by Gasteiger charge is 2.13. The van der Waals surface area contributed by atoms with Crippen LogP contribution < -0.4 is 11.1 Å². The van der Waals surface area contributed by atoms with Crippen LogP contribution >= 0.6 is 11.3 Å². The first kappa shape index (κ1) is 13.1. The van der Waals surface area contributed by atoms with Gasteiger partial charge in [-0.15, -0.1) is 11.3 Å². The van der Waals surface area contributed by atoms with E-state index >= 15 is 0 Å². The van der Waals surface area contributed by atoms with Gasteiger partial charge in [-0.2, -0.15) is 0 Å². The van der Waals surface area contributed by atoms with E-state index in [1.807, 2.05) is 6.07 Å². The van der Waals surface area contributed by atoms with Gasteiger partial charge in [0.25, 0.3) is 5.91 Å². The number of nitrogen functional groups attached to an aromatic ring is 1. The van der Waals surface area contributed by atoms with Crippen LogP contribution in [0, 0.1) is 0 Å². The van der Waals surface area contributed by atoms with Crippen molar-refractivity contribution in [2.75, 3.05) is 5.73 Å². The van der Waals surface area contributed by atoms with E-state index in [0.29, 0.717) is 10.4 Å². The molecule has 6 heteroatoms. The van der Waals surface area contributed by atoms with Crippen molar-refractivity contribution in [2.45, 2.75) is 6.54 Å². The van der Waals surface area contributed by atoms with Gasteiger partial charge in [0.2, 0.25) is 0 Å². The lowest BCUT2D eigenvalue weighted by atomic mass is 10.2. The van der Waals surface area contributed by atoms with Gasteiger partial charge in [-0.1, -0.05) is 18.2 Å². The number of carboxylic acid groups (broad SMARTS) is 1. The van der Waals surface area contributed by atoms with Crippen molar-refractivity contribution in [3.05, 3.63) is 52.4 Å². The molecule has 0 atom stereocenters. The Morgan fingerprint density at radius 3 is 2.53 bits per heavy atom. The molecular formula is C13H12N2O3S. The van der Waals surface area contributed by atoms with Gasteiger partial charge in [0, 0.05) is 10.4 Å². The number of rotatable bonds is 4. The van der Waals surface area contributed by atoms with E-state index in [9.17, 15) is 9.59 Å². The van der Waals surface area contributed by atoms with E-state index in [4.69, 9.17) is 10.8 Å². The van der Waals surface area contributed by atoms with E-state index in [-0.39, 0.29) is 23.0 Å². The monoisotopic (exact) mass is 276 g/mol. The molecule has 0 aliphatic carbocycles. The maximum absolute atomic E-state index is 11.8. The minimum atomic E-state index is -1.06. The first-order valence-corrected chi connectivity index (χ1v) is 6.34. The van der Waals surface area contributed by atoms with E-state index in [2.05, 4.69) is 5.32 Å². The third-order valence-electron chi connectivity index (χ3n) is 2.50. The number of carbonyl (C=O) groups excluding carboxylic acids is 1. The average Bonchev–Trinajstić information content (AvgIpc) is 2.78. The van der Waals surface area contributed by atoms with Crippen molar-refractivity contribution < 1.29 is 14.7 Å². The number of hydrogen-bond donors (Lipinski definition) is 3. The molecule has 0 spiro atoms. The van der Waals surface area contributed by atoms with Crippen LogP contribution in [0.1, 0.15) is 25.6 Å². The Hall–Kier alpha value is -2.34. The molecule has 19 heavy (non-hydrogen) atoms. The largest absolute Gasteiger partial charge is 0.478 e. The van der Waals surface area contributed by atoms with Gasteiger partial charge in [0.05, 0.1) is 12.1 Å². The molecular weight excluding hydrogens is 264 g/mol. The molecule has 0 aliphatic heterocycles. The number of benzene rings is 1. The maximum Gasteiger partial charge on any atom is 0.338 e. The van der Waals surface area contributed by atoms with Crippen molar-refractivity contribution in [1.29, 1.82) is 0 Å². The Balaban J connectivity index is 2.01. The number of thiophene rings is 1. The van der Waals surface area contributed by atoms with Crippen LogP contribution in [-0.2, 0) is 6.54 Å². The van der Waals surface area contributed by atoms with Gasteiger partial charge < -0.3 is 16.2 Å². The number of aromatic carboxylic acids is 1. The molecule has 2 aromatic rings.